The number of hydrogen-bond acceptors (Lipinski definition) is 8. The van der Waals surface area contributed by atoms with Crippen LogP contribution in [0.2, 0.25) is 0 Å². The molecular weight excluding hydrogens is 380 g/mol. The Labute approximate surface area is 169 Å². The van der Waals surface area contributed by atoms with Gasteiger partial charge in [0.2, 0.25) is 0 Å². The van der Waals surface area contributed by atoms with Crippen molar-refractivity contribution < 1.29 is 38.1 Å². The minimum absolute atomic E-state index is 0.00354. The van der Waals surface area contributed by atoms with Crippen LogP contribution in [0.25, 0.3) is 0 Å². The maximum absolute atomic E-state index is 13.1. The van der Waals surface area contributed by atoms with Gasteiger partial charge in [-0.15, -0.1) is 0 Å². The van der Waals surface area contributed by atoms with Gasteiger partial charge in [0, 0.05) is 0 Å². The number of benzene rings is 1. The van der Waals surface area contributed by atoms with E-state index in [-0.39, 0.29) is 37.9 Å². The summed E-state index contributed by atoms with van der Waals surface area (Å²) in [5, 5.41) is 0. The second-order valence-electron chi connectivity index (χ2n) is 5.98. The average Bonchev–Trinajstić information content (AvgIpc) is 3.06. The molecule has 0 spiro atoms. The molecular formula is C21H26O8. The number of carbonyl (C=O) groups excluding carboxylic acids is 3. The number of hydrogen-bond donors (Lipinski definition) is 0. The largest absolute Gasteiger partial charge is 0.465 e. The van der Waals surface area contributed by atoms with Gasteiger partial charge in [-0.2, -0.15) is 0 Å². The zero-order valence-electron chi connectivity index (χ0n) is 17.1. The van der Waals surface area contributed by atoms with Gasteiger partial charge in [-0.1, -0.05) is 30.3 Å². The van der Waals surface area contributed by atoms with Crippen molar-refractivity contribution in [2.45, 2.75) is 39.2 Å². The Morgan fingerprint density at radius 1 is 0.862 bits per heavy atom. The quantitative estimate of drug-likeness (QED) is 0.350. The van der Waals surface area contributed by atoms with Crippen molar-refractivity contribution in [3.8, 4) is 0 Å². The molecule has 0 aromatic heterocycles. The molecule has 29 heavy (non-hydrogen) atoms. The highest BCUT2D eigenvalue weighted by Crippen LogP contribution is 2.48. The predicted molar refractivity (Wildman–Crippen MR) is 102 cm³/mol. The maximum Gasteiger partial charge on any atom is 0.363 e. The molecule has 8 nitrogen and oxygen atoms in total. The zero-order valence-corrected chi connectivity index (χ0v) is 17.1. The van der Waals surface area contributed by atoms with Gasteiger partial charge in [0.05, 0.1) is 32.3 Å². The van der Waals surface area contributed by atoms with Gasteiger partial charge >= 0.3 is 23.5 Å². The molecule has 0 saturated heterocycles. The van der Waals surface area contributed by atoms with Gasteiger partial charge in [-0.05, 0) is 33.3 Å². The minimum atomic E-state index is -2.26. The molecule has 158 valence electrons. The van der Waals surface area contributed by atoms with Crippen LogP contribution < -0.4 is 0 Å². The summed E-state index contributed by atoms with van der Waals surface area (Å²) in [7, 11) is 0. The van der Waals surface area contributed by atoms with Crippen molar-refractivity contribution in [1.29, 1.82) is 0 Å². The molecule has 0 bridgehead atoms. The number of esters is 3. The Balaban J connectivity index is 2.76. The van der Waals surface area contributed by atoms with Crippen LogP contribution in [-0.4, -0.2) is 49.9 Å². The van der Waals surface area contributed by atoms with Crippen molar-refractivity contribution in [1.82, 2.24) is 0 Å². The molecule has 1 aromatic rings. The van der Waals surface area contributed by atoms with E-state index in [0.717, 1.165) is 0 Å². The Morgan fingerprint density at radius 2 is 1.41 bits per heavy atom. The first kappa shape index (κ1) is 22.3. The Kier molecular flexibility index (Phi) is 7.64. The van der Waals surface area contributed by atoms with Crippen LogP contribution in [0.3, 0.4) is 0 Å². The van der Waals surface area contributed by atoms with Gasteiger partial charge in [-0.25, -0.2) is 14.4 Å². The first-order chi connectivity index (χ1) is 14.0. The van der Waals surface area contributed by atoms with Crippen molar-refractivity contribution in [3.63, 3.8) is 0 Å². The molecule has 1 aromatic carbocycles. The molecule has 1 aliphatic rings. The van der Waals surface area contributed by atoms with E-state index < -0.39 is 29.4 Å². The zero-order chi connectivity index (χ0) is 21.4. The third kappa shape index (κ3) is 4.21. The van der Waals surface area contributed by atoms with E-state index in [4.69, 9.17) is 23.7 Å². The molecule has 1 aliphatic heterocycles. The molecule has 0 amide bonds. The number of carbonyl (C=O) groups is 3. The van der Waals surface area contributed by atoms with Crippen LogP contribution in [-0.2, 0) is 38.1 Å². The second-order valence-corrected chi connectivity index (χ2v) is 5.98. The monoisotopic (exact) mass is 406 g/mol. The van der Waals surface area contributed by atoms with Gasteiger partial charge in [0.15, 0.2) is 0 Å². The standard InChI is InChI=1S/C21H26O8/c1-5-25-17(22)15-16(14-12-10-9-11-13-14)21(19(23)27-7-3,20(24)28-8-4)29-18(15)26-6-2/h9-13,16H,5-8H2,1-4H3. The highest BCUT2D eigenvalue weighted by molar-refractivity contribution is 6.09. The number of rotatable bonds is 9. The molecule has 1 unspecified atom stereocenters. The van der Waals surface area contributed by atoms with Crippen LogP contribution >= 0.6 is 0 Å². The van der Waals surface area contributed by atoms with Crippen molar-refractivity contribution in [2.24, 2.45) is 0 Å². The van der Waals surface area contributed by atoms with Crippen LogP contribution in [0.15, 0.2) is 41.9 Å². The molecule has 0 radical (unpaired) electrons. The molecule has 0 fully saturated rings. The summed E-state index contributed by atoms with van der Waals surface area (Å²) < 4.78 is 26.8. The fourth-order valence-electron chi connectivity index (χ4n) is 3.16. The normalized spacial score (nSPS) is 17.3. The summed E-state index contributed by atoms with van der Waals surface area (Å²) in [6, 6.07) is 8.56. The molecule has 8 heteroatoms. The van der Waals surface area contributed by atoms with Gasteiger partial charge in [-0.3, -0.25) is 0 Å². The highest BCUT2D eigenvalue weighted by Gasteiger charge is 2.66. The van der Waals surface area contributed by atoms with E-state index in [0.29, 0.717) is 5.56 Å². The third-order valence-corrected chi connectivity index (χ3v) is 4.23. The summed E-state index contributed by atoms with van der Waals surface area (Å²) in [4.78, 5) is 38.9. The molecule has 1 atom stereocenters. The number of ether oxygens (including phenoxy) is 5. The molecule has 0 aliphatic carbocycles. The fourth-order valence-corrected chi connectivity index (χ4v) is 3.16. The topological polar surface area (TPSA) is 97.4 Å². The van der Waals surface area contributed by atoms with E-state index in [9.17, 15) is 14.4 Å². The van der Waals surface area contributed by atoms with Gasteiger partial charge in [0.25, 0.3) is 5.95 Å². The lowest BCUT2D eigenvalue weighted by Crippen LogP contribution is -2.53. The Bertz CT molecular complexity index is 750. The van der Waals surface area contributed by atoms with Crippen LogP contribution in [0, 0.1) is 0 Å². The molecule has 0 saturated carbocycles. The van der Waals surface area contributed by atoms with E-state index >= 15 is 0 Å². The maximum atomic E-state index is 13.1. The first-order valence-corrected chi connectivity index (χ1v) is 9.60. The summed E-state index contributed by atoms with van der Waals surface area (Å²) >= 11 is 0. The Hall–Kier alpha value is -3.03. The summed E-state index contributed by atoms with van der Waals surface area (Å²) in [6.07, 6.45) is 0. The smallest absolute Gasteiger partial charge is 0.363 e. The summed E-state index contributed by atoms with van der Waals surface area (Å²) in [5.41, 5.74) is -1.85. The van der Waals surface area contributed by atoms with E-state index in [1.54, 1.807) is 58.0 Å². The third-order valence-electron chi connectivity index (χ3n) is 4.23. The van der Waals surface area contributed by atoms with Gasteiger partial charge in [0.1, 0.15) is 5.57 Å². The lowest BCUT2D eigenvalue weighted by atomic mass is 9.78. The minimum Gasteiger partial charge on any atom is -0.465 e. The lowest BCUT2D eigenvalue weighted by molar-refractivity contribution is -0.189. The Morgan fingerprint density at radius 3 is 1.90 bits per heavy atom. The lowest BCUT2D eigenvalue weighted by Gasteiger charge is -2.30. The molecule has 1 heterocycles. The van der Waals surface area contributed by atoms with E-state index in [2.05, 4.69) is 0 Å². The van der Waals surface area contributed by atoms with Crippen molar-refractivity contribution >= 4 is 17.9 Å². The fraction of sp³-hybridized carbons (Fsp3) is 0.476. The van der Waals surface area contributed by atoms with Gasteiger partial charge < -0.3 is 23.7 Å². The van der Waals surface area contributed by atoms with Crippen molar-refractivity contribution in [3.05, 3.63) is 47.4 Å². The van der Waals surface area contributed by atoms with Crippen LogP contribution in [0.5, 0.6) is 0 Å². The average molecular weight is 406 g/mol. The summed E-state index contributed by atoms with van der Waals surface area (Å²) in [6.45, 7) is 6.78. The van der Waals surface area contributed by atoms with E-state index in [1.165, 1.54) is 0 Å². The molecule has 2 rings (SSSR count). The SMILES string of the molecule is CCOC(=O)C1=C(OCC)OC(C(=O)OCC)(C(=O)OCC)C1c1ccccc1. The summed E-state index contributed by atoms with van der Waals surface area (Å²) in [5.74, 6) is -4.10. The molecule has 0 N–H and O–H groups in total. The first-order valence-electron chi connectivity index (χ1n) is 9.60. The second kappa shape index (κ2) is 9.95. The highest BCUT2D eigenvalue weighted by atomic mass is 16.7. The predicted octanol–water partition coefficient (Wildman–Crippen LogP) is 2.48. The van der Waals surface area contributed by atoms with Crippen molar-refractivity contribution in [2.75, 3.05) is 26.4 Å². The van der Waals surface area contributed by atoms with Crippen LogP contribution in [0.1, 0.15) is 39.2 Å². The van der Waals surface area contributed by atoms with Crippen LogP contribution in [0.4, 0.5) is 0 Å². The van der Waals surface area contributed by atoms with E-state index in [1.807, 2.05) is 0 Å².